The third-order valence-electron chi connectivity index (χ3n) is 5.57. The first-order valence-corrected chi connectivity index (χ1v) is 10.5. The van der Waals surface area contributed by atoms with E-state index in [2.05, 4.69) is 29.1 Å². The van der Waals surface area contributed by atoms with Crippen LogP contribution in [0.5, 0.6) is 11.6 Å². The van der Waals surface area contributed by atoms with E-state index >= 15 is 0 Å². The molecular formula is C20H27N4O2S+. The molecule has 0 saturated carbocycles. The van der Waals surface area contributed by atoms with Crippen LogP contribution in [-0.4, -0.2) is 39.9 Å². The normalized spacial score (nSPS) is 21.4. The minimum atomic E-state index is 0.0613. The molecule has 0 bridgehead atoms. The average molecular weight is 388 g/mol. The highest BCUT2D eigenvalue weighted by atomic mass is 32.1. The van der Waals surface area contributed by atoms with Crippen molar-refractivity contribution in [2.75, 3.05) is 20.2 Å². The SMILES string of the molecule is CCc1nc2sc([C@@H](c3cccc(OC)c3)[NH+]3CCC(C)CC3)c(O)n2n1. The van der Waals surface area contributed by atoms with Crippen LogP contribution < -0.4 is 9.64 Å². The molecule has 144 valence electrons. The van der Waals surface area contributed by atoms with Gasteiger partial charge in [-0.25, -0.2) is 4.98 Å². The van der Waals surface area contributed by atoms with Gasteiger partial charge in [-0.2, -0.15) is 4.52 Å². The van der Waals surface area contributed by atoms with Crippen LogP contribution >= 0.6 is 11.3 Å². The van der Waals surface area contributed by atoms with E-state index in [1.807, 2.05) is 19.1 Å². The summed E-state index contributed by atoms with van der Waals surface area (Å²) in [6.07, 6.45) is 3.17. The fourth-order valence-electron chi connectivity index (χ4n) is 3.94. The Labute approximate surface area is 163 Å². The summed E-state index contributed by atoms with van der Waals surface area (Å²) in [7, 11) is 1.69. The second kappa shape index (κ2) is 7.48. The van der Waals surface area contributed by atoms with Gasteiger partial charge in [0.05, 0.1) is 20.2 Å². The molecule has 0 spiro atoms. The number of rotatable bonds is 5. The van der Waals surface area contributed by atoms with Crippen molar-refractivity contribution in [2.24, 2.45) is 5.92 Å². The van der Waals surface area contributed by atoms with Crippen molar-refractivity contribution >= 4 is 16.3 Å². The zero-order valence-corrected chi connectivity index (χ0v) is 16.9. The number of piperidine rings is 1. The number of aryl methyl sites for hydroxylation is 1. The Morgan fingerprint density at radius 3 is 2.81 bits per heavy atom. The summed E-state index contributed by atoms with van der Waals surface area (Å²) in [6.45, 7) is 6.53. The van der Waals surface area contributed by atoms with E-state index in [1.54, 1.807) is 23.0 Å². The molecule has 1 aliphatic heterocycles. The van der Waals surface area contributed by atoms with Crippen LogP contribution in [-0.2, 0) is 6.42 Å². The zero-order chi connectivity index (χ0) is 19.0. The number of benzene rings is 1. The van der Waals surface area contributed by atoms with Crippen LogP contribution in [0.4, 0.5) is 0 Å². The Bertz CT molecular complexity index is 927. The van der Waals surface area contributed by atoms with Gasteiger partial charge in [-0.05, 0) is 30.9 Å². The molecule has 27 heavy (non-hydrogen) atoms. The molecule has 0 radical (unpaired) electrons. The number of fused-ring (bicyclic) bond motifs is 1. The van der Waals surface area contributed by atoms with Crippen LogP contribution in [0.3, 0.4) is 0 Å². The second-order valence-corrected chi connectivity index (χ2v) is 8.43. The van der Waals surface area contributed by atoms with Crippen LogP contribution in [0.15, 0.2) is 24.3 Å². The van der Waals surface area contributed by atoms with E-state index in [0.717, 1.165) is 52.4 Å². The summed E-state index contributed by atoms with van der Waals surface area (Å²) in [4.78, 5) is 7.74. The fraction of sp³-hybridized carbons (Fsp3) is 0.500. The molecular weight excluding hydrogens is 360 g/mol. The first kappa shape index (κ1) is 18.3. The van der Waals surface area contributed by atoms with Crippen molar-refractivity contribution in [1.82, 2.24) is 14.6 Å². The highest BCUT2D eigenvalue weighted by Gasteiger charge is 2.35. The smallest absolute Gasteiger partial charge is 0.235 e. The third-order valence-corrected chi connectivity index (χ3v) is 6.66. The van der Waals surface area contributed by atoms with E-state index in [1.165, 1.54) is 17.7 Å². The Morgan fingerprint density at radius 1 is 1.37 bits per heavy atom. The maximum atomic E-state index is 11.0. The molecule has 7 heteroatoms. The number of thiazole rings is 1. The lowest BCUT2D eigenvalue weighted by molar-refractivity contribution is -0.931. The second-order valence-electron chi connectivity index (χ2n) is 7.42. The summed E-state index contributed by atoms with van der Waals surface area (Å²) in [6, 6.07) is 8.26. The predicted octanol–water partition coefficient (Wildman–Crippen LogP) is 2.47. The largest absolute Gasteiger partial charge is 0.497 e. The Hall–Kier alpha value is -2.12. The molecule has 4 rings (SSSR count). The number of aromatic nitrogens is 3. The van der Waals surface area contributed by atoms with Gasteiger partial charge < -0.3 is 14.7 Å². The summed E-state index contributed by atoms with van der Waals surface area (Å²) < 4.78 is 7.05. The molecule has 1 fully saturated rings. The molecule has 3 heterocycles. The number of aromatic hydroxyl groups is 1. The van der Waals surface area contributed by atoms with E-state index in [4.69, 9.17) is 4.74 Å². The van der Waals surface area contributed by atoms with Crippen LogP contribution in [0.25, 0.3) is 4.96 Å². The molecule has 1 aromatic carbocycles. The monoisotopic (exact) mass is 387 g/mol. The number of hydrogen-bond acceptors (Lipinski definition) is 5. The van der Waals surface area contributed by atoms with Gasteiger partial charge in [0.1, 0.15) is 10.6 Å². The van der Waals surface area contributed by atoms with E-state index < -0.39 is 0 Å². The Kier molecular flexibility index (Phi) is 5.06. The predicted molar refractivity (Wildman–Crippen MR) is 106 cm³/mol. The van der Waals surface area contributed by atoms with Gasteiger partial charge in [0.15, 0.2) is 11.9 Å². The van der Waals surface area contributed by atoms with Gasteiger partial charge >= 0.3 is 0 Å². The molecule has 2 aromatic heterocycles. The molecule has 2 N–H and O–H groups in total. The van der Waals surface area contributed by atoms with E-state index in [9.17, 15) is 5.11 Å². The average Bonchev–Trinajstić information content (AvgIpc) is 3.23. The fourth-order valence-corrected chi connectivity index (χ4v) is 5.10. The van der Waals surface area contributed by atoms with E-state index in [0.29, 0.717) is 0 Å². The number of likely N-dealkylation sites (tertiary alicyclic amines) is 1. The van der Waals surface area contributed by atoms with Gasteiger partial charge in [-0.3, -0.25) is 0 Å². The van der Waals surface area contributed by atoms with Gasteiger partial charge in [0.2, 0.25) is 10.8 Å². The van der Waals surface area contributed by atoms with Crippen LogP contribution in [0.1, 0.15) is 49.0 Å². The van der Waals surface area contributed by atoms with Crippen LogP contribution in [0, 0.1) is 5.92 Å². The lowest BCUT2D eigenvalue weighted by Gasteiger charge is -2.33. The topological polar surface area (TPSA) is 64.1 Å². The van der Waals surface area contributed by atoms with Gasteiger partial charge in [-0.15, -0.1) is 5.10 Å². The quantitative estimate of drug-likeness (QED) is 0.706. The third kappa shape index (κ3) is 3.41. The molecule has 0 unspecified atom stereocenters. The maximum Gasteiger partial charge on any atom is 0.235 e. The highest BCUT2D eigenvalue weighted by molar-refractivity contribution is 7.17. The first-order chi connectivity index (χ1) is 13.1. The summed E-state index contributed by atoms with van der Waals surface area (Å²) in [5.41, 5.74) is 1.16. The molecule has 1 aliphatic rings. The number of methoxy groups -OCH3 is 1. The van der Waals surface area contributed by atoms with Gasteiger partial charge in [0.25, 0.3) is 0 Å². The molecule has 0 amide bonds. The van der Waals surface area contributed by atoms with Crippen molar-refractivity contribution in [1.29, 1.82) is 0 Å². The number of nitrogens with one attached hydrogen (secondary N) is 1. The highest BCUT2D eigenvalue weighted by Crippen LogP contribution is 2.36. The van der Waals surface area contributed by atoms with E-state index in [-0.39, 0.29) is 11.9 Å². The van der Waals surface area contributed by atoms with Crippen molar-refractivity contribution in [3.63, 3.8) is 0 Å². The van der Waals surface area contributed by atoms with Crippen molar-refractivity contribution in [3.05, 3.63) is 40.5 Å². The standard InChI is InChI=1S/C20H26N4O2S/c1-4-16-21-20-24(22-16)19(25)18(27-20)17(23-10-8-13(2)9-11-23)14-6-5-7-15(12-14)26-3/h5-7,12-13,17,25H,4,8-11H2,1-3H3/p+1/t17-/m1/s1. The van der Waals surface area contributed by atoms with Crippen molar-refractivity contribution in [3.8, 4) is 11.6 Å². The van der Waals surface area contributed by atoms with Gasteiger partial charge in [-0.1, -0.05) is 37.3 Å². The summed E-state index contributed by atoms with van der Waals surface area (Å²) >= 11 is 1.55. The molecule has 6 nitrogen and oxygen atoms in total. The van der Waals surface area contributed by atoms with Crippen molar-refractivity contribution < 1.29 is 14.7 Å². The molecule has 1 atom stereocenters. The number of hydrogen-bond donors (Lipinski definition) is 2. The van der Waals surface area contributed by atoms with Crippen molar-refractivity contribution in [2.45, 2.75) is 39.2 Å². The van der Waals surface area contributed by atoms with Crippen LogP contribution in [0.2, 0.25) is 0 Å². The summed E-state index contributed by atoms with van der Waals surface area (Å²) in [5.74, 6) is 2.60. The zero-order valence-electron chi connectivity index (χ0n) is 16.1. The molecule has 3 aromatic rings. The number of quaternary nitrogens is 1. The molecule has 1 saturated heterocycles. The van der Waals surface area contributed by atoms with Gasteiger partial charge in [0, 0.05) is 12.0 Å². The lowest BCUT2D eigenvalue weighted by Crippen LogP contribution is -3.13. The Morgan fingerprint density at radius 2 is 2.15 bits per heavy atom. The Balaban J connectivity index is 1.79. The lowest BCUT2D eigenvalue weighted by atomic mass is 9.95. The number of nitrogens with zero attached hydrogens (tertiary/aromatic N) is 3. The molecule has 0 aliphatic carbocycles. The summed E-state index contributed by atoms with van der Waals surface area (Å²) in [5, 5.41) is 15.4. The maximum absolute atomic E-state index is 11.0. The minimum absolute atomic E-state index is 0.0613. The first-order valence-electron chi connectivity index (χ1n) is 9.66. The number of ether oxygens (including phenoxy) is 1. The minimum Gasteiger partial charge on any atom is -0.497 e.